The third-order valence-corrected chi connectivity index (χ3v) is 4.15. The van der Waals surface area contributed by atoms with Crippen molar-refractivity contribution in [1.29, 1.82) is 0 Å². The third-order valence-electron chi connectivity index (χ3n) is 3.92. The summed E-state index contributed by atoms with van der Waals surface area (Å²) in [6.45, 7) is 4.41. The van der Waals surface area contributed by atoms with E-state index in [1.54, 1.807) is 0 Å². The molecule has 0 spiro atoms. The van der Waals surface area contributed by atoms with Crippen molar-refractivity contribution in [2.45, 2.75) is 31.7 Å². The molecule has 0 aromatic heterocycles. The maximum absolute atomic E-state index is 6.05. The van der Waals surface area contributed by atoms with Crippen LogP contribution < -0.4 is 11.3 Å². The highest BCUT2D eigenvalue weighted by atomic mass is 35.5. The Morgan fingerprint density at radius 1 is 1.10 bits per heavy atom. The lowest BCUT2D eigenvalue weighted by Crippen LogP contribution is -2.49. The molecule has 1 atom stereocenters. The zero-order valence-corrected chi connectivity index (χ0v) is 12.7. The van der Waals surface area contributed by atoms with Crippen LogP contribution in [-0.2, 0) is 11.8 Å². The van der Waals surface area contributed by atoms with Gasteiger partial charge in [-0.2, -0.15) is 0 Å². The minimum Gasteiger partial charge on any atom is -0.271 e. The van der Waals surface area contributed by atoms with E-state index in [1.165, 1.54) is 11.1 Å². The van der Waals surface area contributed by atoms with Gasteiger partial charge in [-0.1, -0.05) is 67.9 Å². The van der Waals surface area contributed by atoms with Crippen LogP contribution in [-0.4, -0.2) is 6.04 Å². The quantitative estimate of drug-likeness (QED) is 0.650. The molecule has 0 bridgehead atoms. The van der Waals surface area contributed by atoms with Crippen molar-refractivity contribution in [1.82, 2.24) is 5.43 Å². The van der Waals surface area contributed by atoms with Crippen molar-refractivity contribution in [3.63, 3.8) is 0 Å². The Balaban J connectivity index is 2.23. The van der Waals surface area contributed by atoms with Gasteiger partial charge in [0.1, 0.15) is 0 Å². The molecule has 3 heteroatoms. The van der Waals surface area contributed by atoms with Gasteiger partial charge in [-0.25, -0.2) is 0 Å². The van der Waals surface area contributed by atoms with Gasteiger partial charge in [0.25, 0.3) is 0 Å². The summed E-state index contributed by atoms with van der Waals surface area (Å²) in [6, 6.07) is 18.5. The van der Waals surface area contributed by atoms with E-state index in [2.05, 4.69) is 49.6 Å². The number of hydrogen-bond acceptors (Lipinski definition) is 2. The monoisotopic (exact) mass is 288 g/mol. The second kappa shape index (κ2) is 6.40. The van der Waals surface area contributed by atoms with Crippen LogP contribution in [0.25, 0.3) is 0 Å². The fourth-order valence-corrected chi connectivity index (χ4v) is 2.70. The van der Waals surface area contributed by atoms with E-state index in [-0.39, 0.29) is 11.5 Å². The summed E-state index contributed by atoms with van der Waals surface area (Å²) >= 11 is 6.05. The van der Waals surface area contributed by atoms with E-state index < -0.39 is 0 Å². The van der Waals surface area contributed by atoms with Gasteiger partial charge in [0, 0.05) is 16.5 Å². The first-order valence-electron chi connectivity index (χ1n) is 6.80. The fraction of sp³-hybridized carbons (Fsp3) is 0.294. The highest BCUT2D eigenvalue weighted by molar-refractivity contribution is 6.30. The number of hydrogen-bond donors (Lipinski definition) is 2. The van der Waals surface area contributed by atoms with Gasteiger partial charge in [0.2, 0.25) is 0 Å². The number of nitrogens with one attached hydrogen (secondary N) is 1. The summed E-state index contributed by atoms with van der Waals surface area (Å²) in [5, 5.41) is 0.760. The van der Waals surface area contributed by atoms with Crippen molar-refractivity contribution in [3.8, 4) is 0 Å². The van der Waals surface area contributed by atoms with Crippen LogP contribution in [0.5, 0.6) is 0 Å². The summed E-state index contributed by atoms with van der Waals surface area (Å²) < 4.78 is 0. The summed E-state index contributed by atoms with van der Waals surface area (Å²) in [4.78, 5) is 0. The number of hydrazine groups is 1. The lowest BCUT2D eigenvalue weighted by Gasteiger charge is -2.34. The van der Waals surface area contributed by atoms with Gasteiger partial charge in [-0.05, 0) is 29.7 Å². The van der Waals surface area contributed by atoms with Crippen molar-refractivity contribution in [2.24, 2.45) is 5.84 Å². The van der Waals surface area contributed by atoms with Gasteiger partial charge < -0.3 is 0 Å². The molecule has 0 saturated heterocycles. The molecule has 3 N–H and O–H groups in total. The Labute approximate surface area is 125 Å². The molecule has 0 fully saturated rings. The third kappa shape index (κ3) is 3.40. The molecule has 0 amide bonds. The lowest BCUT2D eigenvalue weighted by molar-refractivity contribution is 0.341. The largest absolute Gasteiger partial charge is 0.271 e. The van der Waals surface area contributed by atoms with E-state index in [4.69, 9.17) is 17.4 Å². The van der Waals surface area contributed by atoms with E-state index in [1.807, 2.05) is 24.3 Å². The van der Waals surface area contributed by atoms with Crippen LogP contribution in [0.4, 0.5) is 0 Å². The summed E-state index contributed by atoms with van der Waals surface area (Å²) in [5.41, 5.74) is 5.35. The summed E-state index contributed by atoms with van der Waals surface area (Å²) in [5.74, 6) is 5.80. The van der Waals surface area contributed by atoms with Crippen molar-refractivity contribution >= 4 is 11.6 Å². The molecule has 0 aliphatic heterocycles. The highest BCUT2D eigenvalue weighted by Crippen LogP contribution is 2.29. The molecule has 2 rings (SSSR count). The summed E-state index contributed by atoms with van der Waals surface area (Å²) in [6.07, 6.45) is 0.832. The first kappa shape index (κ1) is 15.0. The second-order valence-electron chi connectivity index (χ2n) is 5.64. The number of benzene rings is 2. The highest BCUT2D eigenvalue weighted by Gasteiger charge is 2.30. The van der Waals surface area contributed by atoms with Gasteiger partial charge in [0.05, 0.1) is 0 Å². The molecule has 0 radical (unpaired) electrons. The van der Waals surface area contributed by atoms with Gasteiger partial charge >= 0.3 is 0 Å². The molecule has 106 valence electrons. The average molecular weight is 289 g/mol. The molecule has 2 aromatic carbocycles. The van der Waals surface area contributed by atoms with E-state index in [0.29, 0.717) is 0 Å². The predicted octanol–water partition coefficient (Wildman–Crippen LogP) is 3.69. The molecule has 0 aliphatic rings. The van der Waals surface area contributed by atoms with Crippen LogP contribution in [0, 0.1) is 0 Å². The van der Waals surface area contributed by atoms with Crippen LogP contribution in [0.2, 0.25) is 5.02 Å². The number of nitrogens with two attached hydrogens (primary N) is 1. The minimum absolute atomic E-state index is 0.0711. The Morgan fingerprint density at radius 3 is 2.40 bits per heavy atom. The van der Waals surface area contributed by atoms with Gasteiger partial charge in [-0.15, -0.1) is 0 Å². The standard InChI is InChI=1S/C17H21ClN2/c1-17(2,14-8-4-3-5-9-14)16(20-19)12-13-7-6-10-15(18)11-13/h3-11,16,20H,12,19H2,1-2H3. The second-order valence-corrected chi connectivity index (χ2v) is 6.08. The fourth-order valence-electron chi connectivity index (χ4n) is 2.49. The zero-order chi connectivity index (χ0) is 14.6. The van der Waals surface area contributed by atoms with E-state index in [0.717, 1.165) is 11.4 Å². The molecule has 20 heavy (non-hydrogen) atoms. The normalized spacial score (nSPS) is 13.2. The van der Waals surface area contributed by atoms with Crippen molar-refractivity contribution < 1.29 is 0 Å². The molecular weight excluding hydrogens is 268 g/mol. The van der Waals surface area contributed by atoms with Crippen LogP contribution in [0.1, 0.15) is 25.0 Å². The van der Waals surface area contributed by atoms with Crippen LogP contribution in [0.15, 0.2) is 54.6 Å². The smallest absolute Gasteiger partial charge is 0.0408 e. The molecule has 2 nitrogen and oxygen atoms in total. The Bertz CT molecular complexity index is 552. The molecule has 0 saturated carbocycles. The van der Waals surface area contributed by atoms with Crippen LogP contribution >= 0.6 is 11.6 Å². The van der Waals surface area contributed by atoms with Gasteiger partial charge in [0.15, 0.2) is 0 Å². The molecule has 1 unspecified atom stereocenters. The first-order valence-corrected chi connectivity index (χ1v) is 7.18. The Morgan fingerprint density at radius 2 is 1.80 bits per heavy atom. The number of halogens is 1. The molecule has 0 aliphatic carbocycles. The van der Waals surface area contributed by atoms with Gasteiger partial charge in [-0.3, -0.25) is 11.3 Å². The Kier molecular flexibility index (Phi) is 4.81. The van der Waals surface area contributed by atoms with Crippen molar-refractivity contribution in [2.75, 3.05) is 0 Å². The SMILES string of the molecule is CC(C)(c1ccccc1)C(Cc1cccc(Cl)c1)NN. The average Bonchev–Trinajstić information content (AvgIpc) is 2.45. The lowest BCUT2D eigenvalue weighted by atomic mass is 9.76. The van der Waals surface area contributed by atoms with Crippen molar-refractivity contribution in [3.05, 3.63) is 70.7 Å². The predicted molar refractivity (Wildman–Crippen MR) is 85.7 cm³/mol. The Hall–Kier alpha value is -1.35. The van der Waals surface area contributed by atoms with Crippen LogP contribution in [0.3, 0.4) is 0 Å². The van der Waals surface area contributed by atoms with E-state index in [9.17, 15) is 0 Å². The van der Waals surface area contributed by atoms with E-state index >= 15 is 0 Å². The number of rotatable bonds is 5. The first-order chi connectivity index (χ1) is 9.54. The molecular formula is C17H21ClN2. The maximum atomic E-state index is 6.05. The summed E-state index contributed by atoms with van der Waals surface area (Å²) in [7, 11) is 0. The topological polar surface area (TPSA) is 38.0 Å². The maximum Gasteiger partial charge on any atom is 0.0408 e. The zero-order valence-electron chi connectivity index (χ0n) is 11.9. The molecule has 2 aromatic rings. The minimum atomic E-state index is -0.0711. The molecule has 0 heterocycles.